The number of methoxy groups -OCH3 is 1. The fraction of sp³-hybridized carbons (Fsp3) is 0.333. The van der Waals surface area contributed by atoms with Crippen LogP contribution in [-0.2, 0) is 4.79 Å². The number of imide groups is 1. The van der Waals surface area contributed by atoms with E-state index in [1.165, 1.54) is 4.90 Å². The molecular weight excluding hydrogens is 274 g/mol. The van der Waals surface area contributed by atoms with Crippen LogP contribution in [0.4, 0.5) is 4.79 Å². The maximum atomic E-state index is 12.2. The predicted molar refractivity (Wildman–Crippen MR) is 80.7 cm³/mol. The van der Waals surface area contributed by atoms with Gasteiger partial charge in [0.2, 0.25) is 0 Å². The van der Waals surface area contributed by atoms with E-state index in [2.05, 4.69) is 0 Å². The Morgan fingerprint density at radius 2 is 2.00 bits per heavy atom. The van der Waals surface area contributed by atoms with E-state index in [1.807, 2.05) is 39.0 Å². The molecule has 0 aromatic heterocycles. The second kappa shape index (κ2) is 5.71. The number of ether oxygens (including phenoxy) is 1. The number of nitrogens with zero attached hydrogens (tertiary/aromatic N) is 1. The van der Waals surface area contributed by atoms with Crippen LogP contribution in [0.2, 0.25) is 0 Å². The Kier molecular flexibility index (Phi) is 4.18. The number of amides is 2. The van der Waals surface area contributed by atoms with E-state index < -0.39 is 0 Å². The molecule has 5 heteroatoms. The molecule has 0 N–H and O–H groups in total. The molecule has 2 amide bonds. The fourth-order valence-electron chi connectivity index (χ4n) is 2.00. The van der Waals surface area contributed by atoms with Gasteiger partial charge in [0.1, 0.15) is 5.75 Å². The van der Waals surface area contributed by atoms with Gasteiger partial charge in [0.25, 0.3) is 11.1 Å². The monoisotopic (exact) mass is 291 g/mol. The Bertz CT molecular complexity index is 593. The molecule has 1 aliphatic heterocycles. The summed E-state index contributed by atoms with van der Waals surface area (Å²) in [5.41, 5.74) is 1.92. The molecule has 0 aliphatic carbocycles. The molecule has 1 saturated heterocycles. The van der Waals surface area contributed by atoms with E-state index in [0.717, 1.165) is 28.6 Å². The van der Waals surface area contributed by atoms with Crippen molar-refractivity contribution in [3.8, 4) is 5.75 Å². The minimum atomic E-state index is -0.217. The minimum absolute atomic E-state index is 0.120. The highest BCUT2D eigenvalue weighted by atomic mass is 32.2. The Morgan fingerprint density at radius 3 is 2.50 bits per heavy atom. The van der Waals surface area contributed by atoms with E-state index in [-0.39, 0.29) is 17.2 Å². The van der Waals surface area contributed by atoms with Gasteiger partial charge in [-0.05, 0) is 61.9 Å². The maximum absolute atomic E-state index is 12.2. The van der Waals surface area contributed by atoms with Crippen LogP contribution in [0.1, 0.15) is 25.0 Å². The lowest BCUT2D eigenvalue weighted by Crippen LogP contribution is -2.34. The van der Waals surface area contributed by atoms with Crippen molar-refractivity contribution in [2.45, 2.75) is 26.8 Å². The first-order valence-corrected chi connectivity index (χ1v) is 7.17. The number of aryl methyl sites for hydroxylation is 1. The molecule has 1 fully saturated rings. The van der Waals surface area contributed by atoms with Crippen LogP contribution in [0.15, 0.2) is 23.1 Å². The van der Waals surface area contributed by atoms with Gasteiger partial charge in [0.15, 0.2) is 0 Å². The number of thioether (sulfide) groups is 1. The SMILES string of the molecule is COc1ccc(C=C2SC(=O)N(C(C)C)C2=O)c(C)c1. The van der Waals surface area contributed by atoms with Crippen molar-refractivity contribution in [1.82, 2.24) is 4.90 Å². The maximum Gasteiger partial charge on any atom is 0.293 e. The molecule has 2 rings (SSSR count). The van der Waals surface area contributed by atoms with Crippen molar-refractivity contribution >= 4 is 29.0 Å². The summed E-state index contributed by atoms with van der Waals surface area (Å²) in [5, 5.41) is -0.206. The third kappa shape index (κ3) is 2.72. The molecular formula is C15H17NO3S. The molecule has 0 radical (unpaired) electrons. The zero-order valence-corrected chi connectivity index (χ0v) is 12.8. The van der Waals surface area contributed by atoms with E-state index >= 15 is 0 Å². The van der Waals surface area contributed by atoms with Gasteiger partial charge in [-0.2, -0.15) is 0 Å². The number of carbonyl (C=O) groups excluding carboxylic acids is 2. The van der Waals surface area contributed by atoms with Crippen molar-refractivity contribution in [2.75, 3.05) is 7.11 Å². The van der Waals surface area contributed by atoms with Gasteiger partial charge < -0.3 is 4.74 Å². The van der Waals surface area contributed by atoms with E-state index in [0.29, 0.717) is 4.91 Å². The normalized spacial score (nSPS) is 17.4. The number of hydrogen-bond donors (Lipinski definition) is 0. The van der Waals surface area contributed by atoms with E-state index in [4.69, 9.17) is 4.74 Å². The third-order valence-electron chi connectivity index (χ3n) is 3.10. The second-order valence-electron chi connectivity index (χ2n) is 4.87. The predicted octanol–water partition coefficient (Wildman–Crippen LogP) is 3.45. The highest BCUT2D eigenvalue weighted by Crippen LogP contribution is 2.34. The molecule has 20 heavy (non-hydrogen) atoms. The van der Waals surface area contributed by atoms with Gasteiger partial charge in [-0.15, -0.1) is 0 Å². The standard InChI is InChI=1S/C15H17NO3S/c1-9(2)16-14(17)13(20-15(16)18)8-11-5-6-12(19-4)7-10(11)3/h5-9H,1-4H3. The molecule has 0 atom stereocenters. The summed E-state index contributed by atoms with van der Waals surface area (Å²) in [6, 6.07) is 5.51. The van der Waals surface area contributed by atoms with Crippen LogP contribution >= 0.6 is 11.8 Å². The summed E-state index contributed by atoms with van der Waals surface area (Å²) in [4.78, 5) is 25.8. The first kappa shape index (κ1) is 14.7. The number of benzene rings is 1. The van der Waals surface area contributed by atoms with E-state index in [1.54, 1.807) is 13.2 Å². The van der Waals surface area contributed by atoms with Crippen molar-refractivity contribution in [3.05, 3.63) is 34.2 Å². The van der Waals surface area contributed by atoms with Crippen LogP contribution in [-0.4, -0.2) is 29.2 Å². The van der Waals surface area contributed by atoms with Crippen LogP contribution in [0, 0.1) is 6.92 Å². The molecule has 0 unspecified atom stereocenters. The molecule has 1 aliphatic rings. The first-order chi connectivity index (χ1) is 9.43. The summed E-state index contributed by atoms with van der Waals surface area (Å²) >= 11 is 0.991. The number of rotatable bonds is 3. The summed E-state index contributed by atoms with van der Waals surface area (Å²) in [6.07, 6.45) is 1.77. The van der Waals surface area contributed by atoms with Crippen LogP contribution in [0.3, 0.4) is 0 Å². The Morgan fingerprint density at radius 1 is 1.30 bits per heavy atom. The lowest BCUT2D eigenvalue weighted by Gasteiger charge is -2.16. The molecule has 0 saturated carbocycles. The van der Waals surface area contributed by atoms with Crippen LogP contribution in [0.5, 0.6) is 5.75 Å². The summed E-state index contributed by atoms with van der Waals surface area (Å²) in [7, 11) is 1.61. The minimum Gasteiger partial charge on any atom is -0.497 e. The largest absolute Gasteiger partial charge is 0.497 e. The van der Waals surface area contributed by atoms with Crippen molar-refractivity contribution in [1.29, 1.82) is 0 Å². The average Bonchev–Trinajstić information content (AvgIpc) is 2.66. The Hall–Kier alpha value is -1.75. The highest BCUT2D eigenvalue weighted by molar-refractivity contribution is 8.18. The zero-order chi connectivity index (χ0) is 14.9. The molecule has 1 heterocycles. The molecule has 106 valence electrons. The first-order valence-electron chi connectivity index (χ1n) is 6.35. The third-order valence-corrected chi connectivity index (χ3v) is 3.99. The number of carbonyl (C=O) groups is 2. The average molecular weight is 291 g/mol. The zero-order valence-electron chi connectivity index (χ0n) is 12.0. The van der Waals surface area contributed by atoms with E-state index in [9.17, 15) is 9.59 Å². The van der Waals surface area contributed by atoms with Crippen molar-refractivity contribution < 1.29 is 14.3 Å². The fourth-order valence-corrected chi connectivity index (χ4v) is 2.96. The van der Waals surface area contributed by atoms with Gasteiger partial charge >= 0.3 is 0 Å². The Balaban J connectivity index is 2.33. The summed E-state index contributed by atoms with van der Waals surface area (Å²) < 4.78 is 5.15. The molecule has 4 nitrogen and oxygen atoms in total. The number of hydrogen-bond acceptors (Lipinski definition) is 4. The summed E-state index contributed by atoms with van der Waals surface area (Å²) in [6.45, 7) is 5.61. The molecule has 1 aromatic rings. The topological polar surface area (TPSA) is 46.6 Å². The molecule has 0 spiro atoms. The van der Waals surface area contributed by atoms with Crippen molar-refractivity contribution in [3.63, 3.8) is 0 Å². The lowest BCUT2D eigenvalue weighted by atomic mass is 10.1. The molecule has 0 bridgehead atoms. The van der Waals surface area contributed by atoms with Gasteiger partial charge in [0, 0.05) is 6.04 Å². The molecule has 1 aromatic carbocycles. The second-order valence-corrected chi connectivity index (χ2v) is 5.86. The van der Waals surface area contributed by atoms with Gasteiger partial charge in [0.05, 0.1) is 12.0 Å². The summed E-state index contributed by atoms with van der Waals surface area (Å²) in [5.74, 6) is 0.556. The van der Waals surface area contributed by atoms with Crippen LogP contribution < -0.4 is 4.74 Å². The Labute approximate surface area is 122 Å². The van der Waals surface area contributed by atoms with Gasteiger partial charge in [-0.25, -0.2) is 0 Å². The highest BCUT2D eigenvalue weighted by Gasteiger charge is 2.36. The smallest absolute Gasteiger partial charge is 0.293 e. The van der Waals surface area contributed by atoms with Gasteiger partial charge in [-0.3, -0.25) is 14.5 Å². The van der Waals surface area contributed by atoms with Gasteiger partial charge in [-0.1, -0.05) is 6.07 Å². The van der Waals surface area contributed by atoms with Crippen LogP contribution in [0.25, 0.3) is 6.08 Å². The van der Waals surface area contributed by atoms with Crippen molar-refractivity contribution in [2.24, 2.45) is 0 Å². The lowest BCUT2D eigenvalue weighted by molar-refractivity contribution is -0.123. The quantitative estimate of drug-likeness (QED) is 0.800.